The Labute approximate surface area is 185 Å². The summed E-state index contributed by atoms with van der Waals surface area (Å²) in [6.07, 6.45) is -3.72. The van der Waals surface area contributed by atoms with Gasteiger partial charge in [-0.05, 0) is 68.6 Å². The van der Waals surface area contributed by atoms with Crippen molar-refractivity contribution in [3.8, 4) is 11.5 Å². The molecule has 1 aliphatic heterocycles. The largest absolute Gasteiger partial charge is 0.504 e. The Bertz CT molecular complexity index is 937. The van der Waals surface area contributed by atoms with E-state index in [0.717, 1.165) is 11.6 Å². The highest BCUT2D eigenvalue weighted by Gasteiger charge is 2.44. The maximum Gasteiger partial charge on any atom is 0.416 e. The van der Waals surface area contributed by atoms with E-state index in [1.54, 1.807) is 25.1 Å². The number of aromatic hydroxyl groups is 1. The highest BCUT2D eigenvalue weighted by molar-refractivity contribution is 5.77. The summed E-state index contributed by atoms with van der Waals surface area (Å²) in [7, 11) is 1.48. The molecule has 0 atom stereocenters. The number of ether oxygens (including phenoxy) is 2. The number of alkyl halides is 3. The van der Waals surface area contributed by atoms with Gasteiger partial charge in [-0.15, -0.1) is 0 Å². The number of hydrogen-bond acceptors (Lipinski definition) is 5. The van der Waals surface area contributed by atoms with E-state index in [1.165, 1.54) is 19.2 Å². The fraction of sp³-hybridized carbons (Fsp3) is 0.458. The molecule has 1 N–H and O–H groups in total. The van der Waals surface area contributed by atoms with Gasteiger partial charge < -0.3 is 14.6 Å². The molecule has 1 heterocycles. The minimum atomic E-state index is -4.48. The van der Waals surface area contributed by atoms with Gasteiger partial charge in [-0.25, -0.2) is 0 Å². The first-order valence-electron chi connectivity index (χ1n) is 10.6. The van der Waals surface area contributed by atoms with Gasteiger partial charge in [0.1, 0.15) is 0 Å². The van der Waals surface area contributed by atoms with Crippen LogP contribution in [0, 0.1) is 5.41 Å². The third-order valence-electron chi connectivity index (χ3n) is 6.02. The second kappa shape index (κ2) is 9.81. The second-order valence-corrected chi connectivity index (χ2v) is 8.11. The van der Waals surface area contributed by atoms with Gasteiger partial charge >= 0.3 is 12.1 Å². The number of phenols is 1. The molecule has 0 saturated carbocycles. The maximum absolute atomic E-state index is 13.5. The minimum absolute atomic E-state index is 0.0152. The van der Waals surface area contributed by atoms with E-state index in [-0.39, 0.29) is 24.3 Å². The lowest BCUT2D eigenvalue weighted by Gasteiger charge is -2.40. The molecule has 0 aliphatic carbocycles. The van der Waals surface area contributed by atoms with Crippen molar-refractivity contribution in [2.75, 3.05) is 26.8 Å². The molecule has 0 radical (unpaired) electrons. The Balaban J connectivity index is 1.77. The summed E-state index contributed by atoms with van der Waals surface area (Å²) in [5.74, 6) is -0.0117. The molecule has 2 aromatic rings. The summed E-state index contributed by atoms with van der Waals surface area (Å²) in [6, 6.07) is 10.6. The van der Waals surface area contributed by atoms with E-state index >= 15 is 0 Å². The first-order chi connectivity index (χ1) is 15.2. The van der Waals surface area contributed by atoms with Crippen LogP contribution in [0.25, 0.3) is 0 Å². The average molecular weight is 451 g/mol. The summed E-state index contributed by atoms with van der Waals surface area (Å²) < 4.78 is 50.9. The lowest BCUT2D eigenvalue weighted by Crippen LogP contribution is -2.46. The number of methoxy groups -OCH3 is 1. The van der Waals surface area contributed by atoms with Crippen LogP contribution in [0.2, 0.25) is 0 Å². The van der Waals surface area contributed by atoms with E-state index in [0.29, 0.717) is 38.2 Å². The molecule has 0 spiro atoms. The fourth-order valence-corrected chi connectivity index (χ4v) is 4.28. The molecule has 1 aliphatic rings. The number of benzene rings is 2. The van der Waals surface area contributed by atoms with E-state index in [1.807, 2.05) is 6.07 Å². The van der Waals surface area contributed by atoms with Gasteiger partial charge in [-0.3, -0.25) is 9.69 Å². The highest BCUT2D eigenvalue weighted by atomic mass is 19.4. The Morgan fingerprint density at radius 1 is 1.16 bits per heavy atom. The third-order valence-corrected chi connectivity index (χ3v) is 6.02. The lowest BCUT2D eigenvalue weighted by molar-refractivity contribution is -0.159. The predicted octanol–water partition coefficient (Wildman–Crippen LogP) is 4.81. The summed E-state index contributed by atoms with van der Waals surface area (Å²) in [6.45, 7) is 3.48. The Kier molecular flexibility index (Phi) is 7.33. The van der Waals surface area contributed by atoms with Gasteiger partial charge in [0.15, 0.2) is 11.5 Å². The summed E-state index contributed by atoms with van der Waals surface area (Å²) in [5, 5.41) is 9.99. The first kappa shape index (κ1) is 23.9. The van der Waals surface area contributed by atoms with Gasteiger partial charge in [0.25, 0.3) is 0 Å². The molecule has 2 aromatic carbocycles. The Morgan fingerprint density at radius 3 is 2.44 bits per heavy atom. The van der Waals surface area contributed by atoms with Gasteiger partial charge in [-0.2, -0.15) is 13.2 Å². The number of piperidine rings is 1. The van der Waals surface area contributed by atoms with Gasteiger partial charge in [0, 0.05) is 6.54 Å². The molecule has 0 amide bonds. The standard InChI is InChI=1S/C24H28F3NO4/c1-3-32-22(30)23(15-18-6-4-5-7-19(18)24(25,26)27)10-12-28(13-11-23)16-17-8-9-21(31-2)20(29)14-17/h4-9,14,29H,3,10-13,15-16H2,1-2H3. The highest BCUT2D eigenvalue weighted by Crippen LogP contribution is 2.41. The number of nitrogens with zero attached hydrogens (tertiary/aromatic N) is 1. The SMILES string of the molecule is CCOC(=O)C1(Cc2ccccc2C(F)(F)F)CCN(Cc2ccc(OC)c(O)c2)CC1. The van der Waals surface area contributed by atoms with Crippen LogP contribution in [-0.4, -0.2) is 42.8 Å². The maximum atomic E-state index is 13.5. The fourth-order valence-electron chi connectivity index (χ4n) is 4.28. The van der Waals surface area contributed by atoms with Crippen LogP contribution in [0.15, 0.2) is 42.5 Å². The van der Waals surface area contributed by atoms with Crippen molar-refractivity contribution in [3.05, 3.63) is 59.2 Å². The monoisotopic (exact) mass is 451 g/mol. The number of carbonyl (C=O) groups is 1. The zero-order valence-corrected chi connectivity index (χ0v) is 18.2. The molecule has 0 unspecified atom stereocenters. The first-order valence-corrected chi connectivity index (χ1v) is 10.6. The molecule has 32 heavy (non-hydrogen) atoms. The molecule has 1 fully saturated rings. The van der Waals surface area contributed by atoms with Crippen LogP contribution >= 0.6 is 0 Å². The number of rotatable bonds is 7. The van der Waals surface area contributed by atoms with Crippen molar-refractivity contribution in [2.45, 2.75) is 38.9 Å². The van der Waals surface area contributed by atoms with Crippen LogP contribution in [0.5, 0.6) is 11.5 Å². The molecular formula is C24H28F3NO4. The Morgan fingerprint density at radius 2 is 1.84 bits per heavy atom. The molecule has 0 bridgehead atoms. The van der Waals surface area contributed by atoms with Crippen LogP contribution in [0.1, 0.15) is 36.5 Å². The normalized spacial score (nSPS) is 16.5. The van der Waals surface area contributed by atoms with Crippen LogP contribution in [-0.2, 0) is 28.7 Å². The molecule has 3 rings (SSSR count). The molecular weight excluding hydrogens is 423 g/mol. The second-order valence-electron chi connectivity index (χ2n) is 8.11. The quantitative estimate of drug-likeness (QED) is 0.613. The molecule has 174 valence electrons. The van der Waals surface area contributed by atoms with Crippen molar-refractivity contribution >= 4 is 5.97 Å². The van der Waals surface area contributed by atoms with Crippen molar-refractivity contribution in [3.63, 3.8) is 0 Å². The third kappa shape index (κ3) is 5.35. The van der Waals surface area contributed by atoms with Gasteiger partial charge in [-0.1, -0.05) is 24.3 Å². The number of phenolic OH excluding ortho intramolecular Hbond substituents is 1. The zero-order valence-electron chi connectivity index (χ0n) is 18.2. The van der Waals surface area contributed by atoms with Crippen molar-refractivity contribution in [1.29, 1.82) is 0 Å². The Hall–Kier alpha value is -2.74. The van der Waals surface area contributed by atoms with Crippen LogP contribution in [0.4, 0.5) is 13.2 Å². The summed E-state index contributed by atoms with van der Waals surface area (Å²) >= 11 is 0. The van der Waals surface area contributed by atoms with Crippen molar-refractivity contribution in [2.24, 2.45) is 5.41 Å². The van der Waals surface area contributed by atoms with E-state index in [2.05, 4.69) is 4.90 Å². The average Bonchev–Trinajstić information content (AvgIpc) is 2.75. The van der Waals surface area contributed by atoms with E-state index in [9.17, 15) is 23.1 Å². The number of hydrogen-bond donors (Lipinski definition) is 1. The number of halogens is 3. The number of likely N-dealkylation sites (tertiary alicyclic amines) is 1. The smallest absolute Gasteiger partial charge is 0.416 e. The number of carbonyl (C=O) groups excluding carboxylic acids is 1. The predicted molar refractivity (Wildman–Crippen MR) is 113 cm³/mol. The van der Waals surface area contributed by atoms with Crippen molar-refractivity contribution < 1.29 is 32.5 Å². The molecule has 5 nitrogen and oxygen atoms in total. The topological polar surface area (TPSA) is 59.0 Å². The number of esters is 1. The molecule has 8 heteroatoms. The van der Waals surface area contributed by atoms with E-state index in [4.69, 9.17) is 9.47 Å². The summed E-state index contributed by atoms with van der Waals surface area (Å²) in [4.78, 5) is 15.0. The zero-order chi connectivity index (χ0) is 23.4. The van der Waals surface area contributed by atoms with Crippen LogP contribution < -0.4 is 4.74 Å². The van der Waals surface area contributed by atoms with Crippen molar-refractivity contribution in [1.82, 2.24) is 4.90 Å². The summed E-state index contributed by atoms with van der Waals surface area (Å²) in [5.41, 5.74) is -0.716. The molecule has 1 saturated heterocycles. The van der Waals surface area contributed by atoms with E-state index < -0.39 is 23.1 Å². The lowest BCUT2D eigenvalue weighted by atomic mass is 9.73. The van der Waals surface area contributed by atoms with Gasteiger partial charge in [0.05, 0.1) is 24.7 Å². The van der Waals surface area contributed by atoms with Gasteiger partial charge in [0.2, 0.25) is 0 Å². The van der Waals surface area contributed by atoms with Crippen LogP contribution in [0.3, 0.4) is 0 Å². The minimum Gasteiger partial charge on any atom is -0.504 e. The molecule has 0 aromatic heterocycles.